The van der Waals surface area contributed by atoms with Crippen LogP contribution in [0.4, 0.5) is 5.69 Å². The summed E-state index contributed by atoms with van der Waals surface area (Å²) in [7, 11) is -3.84. The van der Waals surface area contributed by atoms with Gasteiger partial charge in [-0.15, -0.1) is 0 Å². The van der Waals surface area contributed by atoms with Gasteiger partial charge in [-0.1, -0.05) is 23.7 Å². The number of benzene rings is 2. The SMILES string of the molecule is NC(=O)[C@H]1CC(=O)N(c2ccc(S(N)(=O)=O)cc2)[C@@H]1c1ccc(Cl)cc1. The molecule has 9 heteroatoms. The first kappa shape index (κ1) is 18.4. The zero-order valence-corrected chi connectivity index (χ0v) is 15.1. The average Bonchev–Trinajstić information content (AvgIpc) is 2.92. The lowest BCUT2D eigenvalue weighted by atomic mass is 9.93. The Labute approximate surface area is 155 Å². The normalized spacial score (nSPS) is 20.4. The Hall–Kier alpha value is -2.42. The van der Waals surface area contributed by atoms with Crippen molar-refractivity contribution in [3.8, 4) is 0 Å². The fraction of sp³-hybridized carbons (Fsp3) is 0.176. The summed E-state index contributed by atoms with van der Waals surface area (Å²) in [5.74, 6) is -1.57. The molecule has 3 rings (SSSR count). The van der Waals surface area contributed by atoms with Gasteiger partial charge in [0.2, 0.25) is 21.8 Å². The summed E-state index contributed by atoms with van der Waals surface area (Å²) in [6.07, 6.45) is -0.0282. The molecule has 0 radical (unpaired) electrons. The van der Waals surface area contributed by atoms with E-state index in [4.69, 9.17) is 22.5 Å². The summed E-state index contributed by atoms with van der Waals surface area (Å²) < 4.78 is 22.8. The monoisotopic (exact) mass is 393 g/mol. The number of amides is 2. The van der Waals surface area contributed by atoms with Crippen LogP contribution in [0.25, 0.3) is 0 Å². The van der Waals surface area contributed by atoms with Crippen molar-refractivity contribution in [2.75, 3.05) is 4.90 Å². The number of rotatable bonds is 4. The molecule has 0 bridgehead atoms. The summed E-state index contributed by atoms with van der Waals surface area (Å²) >= 11 is 5.92. The van der Waals surface area contributed by atoms with Gasteiger partial charge in [0, 0.05) is 17.1 Å². The van der Waals surface area contributed by atoms with E-state index in [0.717, 1.165) is 0 Å². The molecule has 7 nitrogen and oxygen atoms in total. The van der Waals surface area contributed by atoms with Crippen molar-refractivity contribution >= 4 is 39.1 Å². The van der Waals surface area contributed by atoms with Crippen molar-refractivity contribution < 1.29 is 18.0 Å². The van der Waals surface area contributed by atoms with Crippen LogP contribution in [0.1, 0.15) is 18.0 Å². The molecule has 2 amide bonds. The maximum Gasteiger partial charge on any atom is 0.238 e. The number of halogens is 1. The third kappa shape index (κ3) is 3.44. The minimum Gasteiger partial charge on any atom is -0.369 e. The van der Waals surface area contributed by atoms with Gasteiger partial charge in [0.25, 0.3) is 0 Å². The molecule has 4 N–H and O–H groups in total. The van der Waals surface area contributed by atoms with E-state index in [2.05, 4.69) is 0 Å². The Morgan fingerprint density at radius 3 is 2.15 bits per heavy atom. The molecular weight excluding hydrogens is 378 g/mol. The van der Waals surface area contributed by atoms with E-state index in [0.29, 0.717) is 16.3 Å². The number of nitrogens with zero attached hydrogens (tertiary/aromatic N) is 1. The molecule has 1 heterocycles. The Kier molecular flexibility index (Phi) is 4.74. The minimum absolute atomic E-state index is 0.0282. The third-order valence-corrected chi connectivity index (χ3v) is 5.52. The fourth-order valence-electron chi connectivity index (χ4n) is 3.13. The third-order valence-electron chi connectivity index (χ3n) is 4.34. The van der Waals surface area contributed by atoms with Gasteiger partial charge in [0.15, 0.2) is 0 Å². The Morgan fingerprint density at radius 1 is 1.08 bits per heavy atom. The van der Waals surface area contributed by atoms with Crippen LogP contribution < -0.4 is 15.8 Å². The Bertz CT molecular complexity index is 959. The molecule has 0 saturated carbocycles. The second-order valence-corrected chi connectivity index (χ2v) is 8.01. The summed E-state index contributed by atoms with van der Waals surface area (Å²) in [6.45, 7) is 0. The molecule has 0 aliphatic carbocycles. The highest BCUT2D eigenvalue weighted by atomic mass is 35.5. The van der Waals surface area contributed by atoms with E-state index < -0.39 is 27.9 Å². The lowest BCUT2D eigenvalue weighted by Gasteiger charge is -2.28. The zero-order chi connectivity index (χ0) is 19.1. The average molecular weight is 394 g/mol. The van der Waals surface area contributed by atoms with Crippen LogP contribution >= 0.6 is 11.6 Å². The van der Waals surface area contributed by atoms with Crippen LogP contribution in [0, 0.1) is 5.92 Å². The van der Waals surface area contributed by atoms with Crippen LogP contribution in [-0.4, -0.2) is 20.2 Å². The van der Waals surface area contributed by atoms with Gasteiger partial charge in [-0.25, -0.2) is 13.6 Å². The summed E-state index contributed by atoms with van der Waals surface area (Å²) in [4.78, 5) is 25.8. The first-order valence-corrected chi connectivity index (χ1v) is 9.60. The highest BCUT2D eigenvalue weighted by Crippen LogP contribution is 2.41. The maximum absolute atomic E-state index is 12.6. The van der Waals surface area contributed by atoms with Gasteiger partial charge in [0.05, 0.1) is 16.9 Å². The van der Waals surface area contributed by atoms with Crippen molar-refractivity contribution in [2.24, 2.45) is 16.8 Å². The van der Waals surface area contributed by atoms with Crippen LogP contribution in [0.15, 0.2) is 53.4 Å². The molecule has 1 aliphatic heterocycles. The molecule has 2 aromatic rings. The van der Waals surface area contributed by atoms with Crippen molar-refractivity contribution in [2.45, 2.75) is 17.4 Å². The quantitative estimate of drug-likeness (QED) is 0.817. The van der Waals surface area contributed by atoms with E-state index in [-0.39, 0.29) is 17.2 Å². The number of carbonyl (C=O) groups excluding carboxylic acids is 2. The fourth-order valence-corrected chi connectivity index (χ4v) is 3.77. The van der Waals surface area contributed by atoms with E-state index in [1.54, 1.807) is 24.3 Å². The highest BCUT2D eigenvalue weighted by Gasteiger charge is 2.44. The standard InChI is InChI=1S/C17H16ClN3O4S/c18-11-3-1-10(2-4-11)16-14(17(19)23)9-15(22)21(16)12-5-7-13(8-6-12)26(20,24)25/h1-8,14,16H,9H2,(H2,19,23)(H2,20,24,25)/t14-,16+/m0/s1. The van der Waals surface area contributed by atoms with Gasteiger partial charge in [-0.05, 0) is 42.0 Å². The van der Waals surface area contributed by atoms with Crippen molar-refractivity contribution in [1.29, 1.82) is 0 Å². The van der Waals surface area contributed by atoms with Crippen LogP contribution in [-0.2, 0) is 19.6 Å². The first-order chi connectivity index (χ1) is 12.2. The number of hydrogen-bond donors (Lipinski definition) is 2. The predicted molar refractivity (Wildman–Crippen MR) is 96.8 cm³/mol. The molecule has 2 aromatic carbocycles. The molecule has 0 spiro atoms. The first-order valence-electron chi connectivity index (χ1n) is 7.68. The lowest BCUT2D eigenvalue weighted by Crippen LogP contribution is -2.32. The minimum atomic E-state index is -3.84. The van der Waals surface area contributed by atoms with Crippen LogP contribution in [0.5, 0.6) is 0 Å². The van der Waals surface area contributed by atoms with E-state index in [9.17, 15) is 18.0 Å². The summed E-state index contributed by atoms with van der Waals surface area (Å²) in [6, 6.07) is 11.8. The number of hydrogen-bond acceptors (Lipinski definition) is 4. The number of anilines is 1. The maximum atomic E-state index is 12.6. The highest BCUT2D eigenvalue weighted by molar-refractivity contribution is 7.89. The number of sulfonamides is 1. The Morgan fingerprint density at radius 2 is 1.65 bits per heavy atom. The summed E-state index contributed by atoms with van der Waals surface area (Å²) in [5.41, 5.74) is 6.66. The number of nitrogens with two attached hydrogens (primary N) is 2. The van der Waals surface area contributed by atoms with E-state index in [1.807, 2.05) is 0 Å². The van der Waals surface area contributed by atoms with Crippen LogP contribution in [0.3, 0.4) is 0 Å². The molecule has 0 unspecified atom stereocenters. The summed E-state index contributed by atoms with van der Waals surface area (Å²) in [5, 5.41) is 5.63. The van der Waals surface area contributed by atoms with Gasteiger partial charge in [-0.3, -0.25) is 9.59 Å². The van der Waals surface area contributed by atoms with Crippen molar-refractivity contribution in [3.63, 3.8) is 0 Å². The Balaban J connectivity index is 2.06. The van der Waals surface area contributed by atoms with Gasteiger partial charge in [0.1, 0.15) is 0 Å². The smallest absolute Gasteiger partial charge is 0.238 e. The second-order valence-electron chi connectivity index (χ2n) is 6.01. The predicted octanol–water partition coefficient (Wildman–Crippen LogP) is 1.57. The second kappa shape index (κ2) is 6.71. The molecular formula is C17H16ClN3O4S. The molecule has 26 heavy (non-hydrogen) atoms. The molecule has 1 aliphatic rings. The van der Waals surface area contributed by atoms with Crippen molar-refractivity contribution in [1.82, 2.24) is 0 Å². The van der Waals surface area contributed by atoms with Gasteiger partial charge < -0.3 is 10.6 Å². The van der Waals surface area contributed by atoms with E-state index in [1.165, 1.54) is 29.2 Å². The van der Waals surface area contributed by atoms with E-state index >= 15 is 0 Å². The number of primary sulfonamides is 1. The zero-order valence-electron chi connectivity index (χ0n) is 13.5. The number of primary amides is 1. The molecule has 1 saturated heterocycles. The number of carbonyl (C=O) groups is 2. The molecule has 0 aromatic heterocycles. The molecule has 1 fully saturated rings. The largest absolute Gasteiger partial charge is 0.369 e. The van der Waals surface area contributed by atoms with Crippen molar-refractivity contribution in [3.05, 3.63) is 59.1 Å². The van der Waals surface area contributed by atoms with Crippen LogP contribution in [0.2, 0.25) is 5.02 Å². The lowest BCUT2D eigenvalue weighted by molar-refractivity contribution is -0.124. The molecule has 136 valence electrons. The molecule has 2 atom stereocenters. The van der Waals surface area contributed by atoms with Gasteiger partial charge >= 0.3 is 0 Å². The topological polar surface area (TPSA) is 124 Å². The van der Waals surface area contributed by atoms with Gasteiger partial charge in [-0.2, -0.15) is 0 Å².